The molecular formula is C23H35NO6. The van der Waals surface area contributed by atoms with Crippen LogP contribution in [0.4, 0.5) is 0 Å². The lowest BCUT2D eigenvalue weighted by Crippen LogP contribution is -2.45. The van der Waals surface area contributed by atoms with Crippen LogP contribution in [0.25, 0.3) is 0 Å². The van der Waals surface area contributed by atoms with E-state index in [-0.39, 0.29) is 22.7 Å². The van der Waals surface area contributed by atoms with Gasteiger partial charge in [-0.05, 0) is 37.0 Å². The monoisotopic (exact) mass is 421 g/mol. The van der Waals surface area contributed by atoms with E-state index in [0.717, 1.165) is 0 Å². The van der Waals surface area contributed by atoms with Crippen LogP contribution in [-0.2, 0) is 23.8 Å². The Morgan fingerprint density at radius 1 is 1.20 bits per heavy atom. The van der Waals surface area contributed by atoms with E-state index in [1.54, 1.807) is 0 Å². The number of hydrogen-bond acceptors (Lipinski definition) is 7. The van der Waals surface area contributed by atoms with Crippen LogP contribution in [0.3, 0.4) is 0 Å². The second-order valence-electron chi connectivity index (χ2n) is 11.8. The molecule has 1 heterocycles. The van der Waals surface area contributed by atoms with Gasteiger partial charge in [-0.2, -0.15) is 5.26 Å². The van der Waals surface area contributed by atoms with E-state index < -0.39 is 47.9 Å². The normalized spacial score (nSPS) is 36.8. The smallest absolute Gasteiger partial charge is 0.344 e. The second kappa shape index (κ2) is 7.20. The van der Waals surface area contributed by atoms with Crippen molar-refractivity contribution in [2.24, 2.45) is 33.5 Å². The minimum absolute atomic E-state index is 0.0165. The minimum atomic E-state index is -1.14. The van der Waals surface area contributed by atoms with Crippen molar-refractivity contribution in [3.63, 3.8) is 0 Å². The second-order valence-corrected chi connectivity index (χ2v) is 11.8. The van der Waals surface area contributed by atoms with Crippen molar-refractivity contribution in [1.29, 1.82) is 5.26 Å². The Bertz CT molecular complexity index is 759. The Labute approximate surface area is 179 Å². The number of fused-ring (bicyclic) bond motifs is 1. The summed E-state index contributed by atoms with van der Waals surface area (Å²) in [4.78, 5) is 25.5. The van der Waals surface area contributed by atoms with Crippen LogP contribution in [0.2, 0.25) is 0 Å². The molecule has 2 aliphatic carbocycles. The van der Waals surface area contributed by atoms with E-state index in [2.05, 4.69) is 26.8 Å². The molecule has 0 spiro atoms. The van der Waals surface area contributed by atoms with Crippen molar-refractivity contribution in [2.75, 3.05) is 6.61 Å². The highest BCUT2D eigenvalue weighted by Crippen LogP contribution is 2.63. The van der Waals surface area contributed by atoms with Crippen molar-refractivity contribution in [3.05, 3.63) is 0 Å². The summed E-state index contributed by atoms with van der Waals surface area (Å²) >= 11 is 0. The molecule has 0 radical (unpaired) electrons. The molecule has 30 heavy (non-hydrogen) atoms. The van der Waals surface area contributed by atoms with Crippen molar-refractivity contribution in [3.8, 4) is 6.07 Å². The summed E-state index contributed by atoms with van der Waals surface area (Å²) < 4.78 is 16.6. The minimum Gasteiger partial charge on any atom is -0.457 e. The summed E-state index contributed by atoms with van der Waals surface area (Å²) in [5.74, 6) is -1.18. The average Bonchev–Trinajstić information content (AvgIpc) is 3.19. The summed E-state index contributed by atoms with van der Waals surface area (Å²) in [6.07, 6.45) is -0.359. The van der Waals surface area contributed by atoms with Gasteiger partial charge >= 0.3 is 11.9 Å². The molecule has 0 aromatic rings. The molecule has 168 valence electrons. The van der Waals surface area contributed by atoms with Crippen LogP contribution < -0.4 is 0 Å². The highest BCUT2D eigenvalue weighted by molar-refractivity contribution is 5.81. The zero-order valence-corrected chi connectivity index (χ0v) is 19.2. The topological polar surface area (TPSA) is 106 Å². The molecule has 7 atom stereocenters. The van der Waals surface area contributed by atoms with E-state index >= 15 is 0 Å². The van der Waals surface area contributed by atoms with Crippen molar-refractivity contribution < 1.29 is 28.9 Å². The van der Waals surface area contributed by atoms with Gasteiger partial charge in [0.2, 0.25) is 0 Å². The maximum atomic E-state index is 13.0. The highest BCUT2D eigenvalue weighted by atomic mass is 16.6. The molecule has 2 bridgehead atoms. The lowest BCUT2D eigenvalue weighted by Gasteiger charge is -2.43. The number of carbonyl (C=O) groups excluding carboxylic acids is 2. The summed E-state index contributed by atoms with van der Waals surface area (Å²) in [6, 6.07) is 2.23. The first-order valence-corrected chi connectivity index (χ1v) is 10.8. The molecule has 1 aliphatic heterocycles. The summed E-state index contributed by atoms with van der Waals surface area (Å²) in [6.45, 7) is 13.6. The number of nitriles is 1. The van der Waals surface area contributed by atoms with Crippen LogP contribution in [0.5, 0.6) is 0 Å². The Kier molecular flexibility index (Phi) is 5.53. The highest BCUT2D eigenvalue weighted by Gasteiger charge is 2.71. The molecule has 0 aromatic heterocycles. The largest absolute Gasteiger partial charge is 0.457 e. The van der Waals surface area contributed by atoms with Gasteiger partial charge in [0, 0.05) is 11.8 Å². The van der Waals surface area contributed by atoms with E-state index in [0.29, 0.717) is 19.3 Å². The van der Waals surface area contributed by atoms with Crippen LogP contribution in [0.15, 0.2) is 0 Å². The molecule has 1 N–H and O–H groups in total. The fourth-order valence-corrected chi connectivity index (χ4v) is 5.63. The molecule has 3 rings (SSSR count). The molecule has 3 aliphatic rings. The van der Waals surface area contributed by atoms with Crippen molar-refractivity contribution in [2.45, 2.75) is 86.2 Å². The molecule has 7 nitrogen and oxygen atoms in total. The SMILES string of the molecule is CC(C)(C)CC(C)(C(=O)OCC(=O)OC1C2CC3C1OC(O)C3(C#N)C2)C(C)(C)C. The molecular weight excluding hydrogens is 386 g/mol. The summed E-state index contributed by atoms with van der Waals surface area (Å²) in [7, 11) is 0. The van der Waals surface area contributed by atoms with Gasteiger partial charge in [0.15, 0.2) is 12.9 Å². The quantitative estimate of drug-likeness (QED) is 0.680. The summed E-state index contributed by atoms with van der Waals surface area (Å²) in [5.41, 5.74) is -2.08. The number of ether oxygens (including phenoxy) is 3. The van der Waals surface area contributed by atoms with E-state index in [1.807, 2.05) is 27.7 Å². The van der Waals surface area contributed by atoms with E-state index in [4.69, 9.17) is 14.2 Å². The van der Waals surface area contributed by atoms with E-state index in [1.165, 1.54) is 0 Å². The fourth-order valence-electron chi connectivity index (χ4n) is 5.63. The molecule has 0 amide bonds. The average molecular weight is 422 g/mol. The van der Waals surface area contributed by atoms with Gasteiger partial charge < -0.3 is 19.3 Å². The standard InChI is InChI=1S/C23H35NO6/c1-20(2,3)11-22(7,21(4,5)6)18(26)28-10-15(25)29-16-13-8-14-17(16)30-19(27)23(14,9-13)12-24/h13-14,16-17,19,27H,8-11H2,1-7H3. The van der Waals surface area contributed by atoms with Crippen LogP contribution in [-0.4, -0.2) is 42.1 Å². The zero-order chi connectivity index (χ0) is 22.7. The van der Waals surface area contributed by atoms with Crippen LogP contribution >= 0.6 is 0 Å². The van der Waals surface area contributed by atoms with Gasteiger partial charge in [-0.25, -0.2) is 4.79 Å². The van der Waals surface area contributed by atoms with Gasteiger partial charge in [-0.3, -0.25) is 4.79 Å². The van der Waals surface area contributed by atoms with Gasteiger partial charge in [0.05, 0.1) is 11.5 Å². The lowest BCUT2D eigenvalue weighted by molar-refractivity contribution is -0.179. The molecule has 7 unspecified atom stereocenters. The van der Waals surface area contributed by atoms with Crippen molar-refractivity contribution in [1.82, 2.24) is 0 Å². The molecule has 3 fully saturated rings. The molecule has 0 aromatic carbocycles. The Balaban J connectivity index is 1.60. The molecule has 1 saturated heterocycles. The first-order chi connectivity index (χ1) is 13.6. The zero-order valence-electron chi connectivity index (χ0n) is 19.2. The number of nitrogens with zero attached hydrogens (tertiary/aromatic N) is 1. The van der Waals surface area contributed by atoms with Crippen LogP contribution in [0, 0.1) is 44.8 Å². The van der Waals surface area contributed by atoms with Gasteiger partial charge in [0.1, 0.15) is 17.6 Å². The van der Waals surface area contributed by atoms with Gasteiger partial charge in [0.25, 0.3) is 0 Å². The predicted molar refractivity (Wildman–Crippen MR) is 108 cm³/mol. The predicted octanol–water partition coefficient (Wildman–Crippen LogP) is 3.20. The Hall–Kier alpha value is -1.65. The summed E-state index contributed by atoms with van der Waals surface area (Å²) in [5, 5.41) is 19.7. The van der Waals surface area contributed by atoms with Gasteiger partial charge in [-0.1, -0.05) is 41.5 Å². The number of esters is 2. The number of carbonyl (C=O) groups is 2. The van der Waals surface area contributed by atoms with Gasteiger partial charge in [-0.15, -0.1) is 0 Å². The maximum Gasteiger partial charge on any atom is 0.344 e. The number of aliphatic hydroxyl groups is 1. The number of rotatable bonds is 5. The third-order valence-electron chi connectivity index (χ3n) is 7.52. The van der Waals surface area contributed by atoms with Crippen LogP contribution in [0.1, 0.15) is 67.7 Å². The Morgan fingerprint density at radius 2 is 1.83 bits per heavy atom. The molecule has 7 heteroatoms. The third kappa shape index (κ3) is 3.62. The third-order valence-corrected chi connectivity index (χ3v) is 7.52. The van der Waals surface area contributed by atoms with E-state index in [9.17, 15) is 20.0 Å². The first kappa shape index (κ1) is 23.0. The number of aliphatic hydroxyl groups excluding tert-OH is 1. The fraction of sp³-hybridized carbons (Fsp3) is 0.870. The Morgan fingerprint density at radius 3 is 2.37 bits per heavy atom. The van der Waals surface area contributed by atoms with Crippen molar-refractivity contribution >= 4 is 11.9 Å². The molecule has 2 saturated carbocycles. The number of hydrogen-bond donors (Lipinski definition) is 1. The lowest BCUT2D eigenvalue weighted by atomic mass is 9.61. The first-order valence-electron chi connectivity index (χ1n) is 10.8. The maximum absolute atomic E-state index is 13.0.